The van der Waals surface area contributed by atoms with Gasteiger partial charge < -0.3 is 0 Å². The molecule has 112 valence electrons. The Morgan fingerprint density at radius 1 is 1.00 bits per heavy atom. The first-order valence-electron chi connectivity index (χ1n) is 7.36. The van der Waals surface area contributed by atoms with Gasteiger partial charge in [0.25, 0.3) is 5.91 Å². The molecule has 0 atom stereocenters. The number of rotatable bonds is 5. The van der Waals surface area contributed by atoms with Crippen molar-refractivity contribution in [2.45, 2.75) is 13.8 Å². The molecule has 2 aromatic carbocycles. The maximum atomic E-state index is 12.9. The van der Waals surface area contributed by atoms with Crippen molar-refractivity contribution in [1.82, 2.24) is 5.01 Å². The Bertz CT molecular complexity index is 672. The fraction of sp³-hybridized carbons (Fsp3) is 0.222. The van der Waals surface area contributed by atoms with Crippen LogP contribution in [0, 0.1) is 11.3 Å². The topological polar surface area (TPSA) is 47.3 Å². The van der Waals surface area contributed by atoms with Crippen LogP contribution >= 0.6 is 0 Å². The van der Waals surface area contributed by atoms with Gasteiger partial charge in [-0.25, -0.2) is 10.0 Å². The molecule has 0 radical (unpaired) electrons. The molecule has 0 aliphatic carbocycles. The zero-order valence-corrected chi connectivity index (χ0v) is 12.9. The Labute approximate surface area is 131 Å². The van der Waals surface area contributed by atoms with Gasteiger partial charge in [0.2, 0.25) is 0 Å². The minimum absolute atomic E-state index is 0.132. The van der Waals surface area contributed by atoms with E-state index in [1.54, 1.807) is 35.3 Å². The highest BCUT2D eigenvalue weighted by atomic mass is 16.2. The van der Waals surface area contributed by atoms with Gasteiger partial charge in [-0.2, -0.15) is 5.26 Å². The lowest BCUT2D eigenvalue weighted by atomic mass is 10.1. The summed E-state index contributed by atoms with van der Waals surface area (Å²) >= 11 is 0. The molecular formula is C18H19N3O. The summed E-state index contributed by atoms with van der Waals surface area (Å²) in [7, 11) is 0. The van der Waals surface area contributed by atoms with Crippen LogP contribution < -0.4 is 5.01 Å². The third-order valence-corrected chi connectivity index (χ3v) is 3.48. The van der Waals surface area contributed by atoms with E-state index in [9.17, 15) is 10.1 Å². The van der Waals surface area contributed by atoms with E-state index in [-0.39, 0.29) is 5.91 Å². The number of carbonyl (C=O) groups excluding carboxylic acids is 1. The molecule has 0 saturated heterocycles. The summed E-state index contributed by atoms with van der Waals surface area (Å²) in [5.41, 5.74) is 1.70. The molecule has 0 unspecified atom stereocenters. The first-order chi connectivity index (χ1) is 10.7. The highest BCUT2D eigenvalue weighted by Crippen LogP contribution is 2.23. The van der Waals surface area contributed by atoms with Gasteiger partial charge in [-0.1, -0.05) is 44.2 Å². The fourth-order valence-electron chi connectivity index (χ4n) is 2.35. The second kappa shape index (κ2) is 7.39. The second-order valence-corrected chi connectivity index (χ2v) is 4.75. The molecule has 1 amide bonds. The number of benzene rings is 2. The number of carbonyl (C=O) groups is 1. The van der Waals surface area contributed by atoms with Gasteiger partial charge in [0, 0.05) is 18.7 Å². The maximum Gasteiger partial charge on any atom is 0.272 e. The first kappa shape index (κ1) is 15.7. The largest absolute Gasteiger partial charge is 0.272 e. The van der Waals surface area contributed by atoms with E-state index in [0.29, 0.717) is 29.9 Å². The molecule has 4 heteroatoms. The number of hydrogen-bond acceptors (Lipinski definition) is 3. The van der Waals surface area contributed by atoms with Crippen molar-refractivity contribution >= 4 is 11.6 Å². The minimum atomic E-state index is -0.132. The lowest BCUT2D eigenvalue weighted by Gasteiger charge is -2.34. The van der Waals surface area contributed by atoms with Crippen LogP contribution in [0.4, 0.5) is 5.69 Å². The van der Waals surface area contributed by atoms with E-state index in [1.165, 1.54) is 0 Å². The number of amides is 1. The summed E-state index contributed by atoms with van der Waals surface area (Å²) in [4.78, 5) is 12.9. The van der Waals surface area contributed by atoms with Crippen LogP contribution in [-0.4, -0.2) is 24.0 Å². The zero-order chi connectivity index (χ0) is 15.9. The average Bonchev–Trinajstić information content (AvgIpc) is 2.59. The summed E-state index contributed by atoms with van der Waals surface area (Å²) in [5.74, 6) is -0.132. The number of para-hydroxylation sites is 1. The lowest BCUT2D eigenvalue weighted by Crippen LogP contribution is -2.47. The molecule has 0 heterocycles. The molecule has 0 fully saturated rings. The molecule has 0 saturated carbocycles. The van der Waals surface area contributed by atoms with Crippen molar-refractivity contribution in [2.24, 2.45) is 0 Å². The number of nitrogens with zero attached hydrogens (tertiary/aromatic N) is 3. The molecule has 0 N–H and O–H groups in total. The SMILES string of the molecule is CCN(CC)N(C(=O)c1ccccc1)c1ccccc1C#N. The molecule has 22 heavy (non-hydrogen) atoms. The second-order valence-electron chi connectivity index (χ2n) is 4.75. The lowest BCUT2D eigenvalue weighted by molar-refractivity contribution is 0.0902. The van der Waals surface area contributed by atoms with E-state index in [0.717, 1.165) is 0 Å². The van der Waals surface area contributed by atoms with Crippen molar-refractivity contribution in [3.8, 4) is 6.07 Å². The first-order valence-corrected chi connectivity index (χ1v) is 7.36. The van der Waals surface area contributed by atoms with Crippen LogP contribution in [0.2, 0.25) is 0 Å². The van der Waals surface area contributed by atoms with E-state index < -0.39 is 0 Å². The van der Waals surface area contributed by atoms with E-state index in [2.05, 4.69) is 6.07 Å². The third-order valence-electron chi connectivity index (χ3n) is 3.48. The minimum Gasteiger partial charge on any atom is -0.267 e. The average molecular weight is 293 g/mol. The van der Waals surface area contributed by atoms with Gasteiger partial charge in [-0.3, -0.25) is 4.79 Å². The van der Waals surface area contributed by atoms with Crippen LogP contribution in [0.1, 0.15) is 29.8 Å². The fourth-order valence-corrected chi connectivity index (χ4v) is 2.35. The Morgan fingerprint density at radius 3 is 2.18 bits per heavy atom. The molecule has 0 aromatic heterocycles. The van der Waals surface area contributed by atoms with E-state index >= 15 is 0 Å². The van der Waals surface area contributed by atoms with Gasteiger partial charge in [0.05, 0.1) is 11.3 Å². The Hall–Kier alpha value is -2.64. The summed E-state index contributed by atoms with van der Waals surface area (Å²) in [5, 5.41) is 12.9. The zero-order valence-electron chi connectivity index (χ0n) is 12.9. The van der Waals surface area contributed by atoms with Gasteiger partial charge in [0.15, 0.2) is 0 Å². The van der Waals surface area contributed by atoms with Crippen molar-refractivity contribution in [3.05, 3.63) is 65.7 Å². The van der Waals surface area contributed by atoms with Crippen LogP contribution in [0.5, 0.6) is 0 Å². The summed E-state index contributed by atoms with van der Waals surface area (Å²) in [6.07, 6.45) is 0. The van der Waals surface area contributed by atoms with Crippen LogP contribution in [-0.2, 0) is 0 Å². The number of hydrazine groups is 1. The summed E-state index contributed by atoms with van der Waals surface area (Å²) in [6, 6.07) is 18.5. The summed E-state index contributed by atoms with van der Waals surface area (Å²) < 4.78 is 0. The van der Waals surface area contributed by atoms with Gasteiger partial charge >= 0.3 is 0 Å². The molecule has 2 rings (SSSR count). The van der Waals surface area contributed by atoms with Crippen molar-refractivity contribution < 1.29 is 4.79 Å². The highest BCUT2D eigenvalue weighted by molar-refractivity contribution is 6.06. The van der Waals surface area contributed by atoms with Crippen LogP contribution in [0.3, 0.4) is 0 Å². The number of anilines is 1. The summed E-state index contributed by atoms with van der Waals surface area (Å²) in [6.45, 7) is 5.33. The van der Waals surface area contributed by atoms with Gasteiger partial charge in [-0.15, -0.1) is 0 Å². The maximum absolute atomic E-state index is 12.9. The Morgan fingerprint density at radius 2 is 1.59 bits per heavy atom. The van der Waals surface area contributed by atoms with Crippen molar-refractivity contribution in [1.29, 1.82) is 5.26 Å². The molecule has 0 aliphatic rings. The Kier molecular flexibility index (Phi) is 5.29. The number of nitriles is 1. The molecule has 2 aromatic rings. The standard InChI is InChI=1S/C18H19N3O/c1-3-20(4-2)21(17-13-9-8-12-16(17)14-19)18(22)15-10-6-5-7-11-15/h5-13H,3-4H2,1-2H3. The highest BCUT2D eigenvalue weighted by Gasteiger charge is 2.24. The van der Waals surface area contributed by atoms with Crippen molar-refractivity contribution in [2.75, 3.05) is 18.1 Å². The molecule has 0 aliphatic heterocycles. The molecule has 4 nitrogen and oxygen atoms in total. The molecular weight excluding hydrogens is 274 g/mol. The quantitative estimate of drug-likeness (QED) is 0.793. The van der Waals surface area contributed by atoms with Gasteiger partial charge in [-0.05, 0) is 24.3 Å². The van der Waals surface area contributed by atoms with Crippen LogP contribution in [0.15, 0.2) is 54.6 Å². The van der Waals surface area contributed by atoms with Gasteiger partial charge in [0.1, 0.15) is 6.07 Å². The normalized spacial score (nSPS) is 10.3. The van der Waals surface area contributed by atoms with E-state index in [1.807, 2.05) is 43.1 Å². The predicted molar refractivity (Wildman–Crippen MR) is 87.3 cm³/mol. The predicted octanol–water partition coefficient (Wildman–Crippen LogP) is 3.46. The molecule has 0 bridgehead atoms. The number of hydrogen-bond donors (Lipinski definition) is 0. The molecule has 0 spiro atoms. The third kappa shape index (κ3) is 3.16. The smallest absolute Gasteiger partial charge is 0.267 e. The monoisotopic (exact) mass is 293 g/mol. The van der Waals surface area contributed by atoms with Crippen LogP contribution in [0.25, 0.3) is 0 Å². The van der Waals surface area contributed by atoms with Crippen molar-refractivity contribution in [3.63, 3.8) is 0 Å². The van der Waals surface area contributed by atoms with E-state index in [4.69, 9.17) is 0 Å². The Balaban J connectivity index is 2.53.